The highest BCUT2D eigenvalue weighted by molar-refractivity contribution is 5.85. The van der Waals surface area contributed by atoms with Gasteiger partial charge in [0.15, 0.2) is 5.65 Å². The molecule has 0 saturated heterocycles. The zero-order valence-electron chi connectivity index (χ0n) is 14.0. The van der Waals surface area contributed by atoms with Crippen LogP contribution in [0.5, 0.6) is 0 Å². The van der Waals surface area contributed by atoms with Crippen molar-refractivity contribution in [3.8, 4) is 0 Å². The highest BCUT2D eigenvalue weighted by Gasteiger charge is 2.57. The Kier molecular flexibility index (Phi) is 4.92. The molecular weight excluding hydrogens is 361 g/mol. The second-order valence-electron chi connectivity index (χ2n) is 7.54. The molecule has 2 aromatic heterocycles. The number of halogens is 2. The molecule has 6 nitrogen and oxygen atoms in total. The van der Waals surface area contributed by atoms with Gasteiger partial charge >= 0.3 is 0 Å². The van der Waals surface area contributed by atoms with E-state index in [-0.39, 0.29) is 36.8 Å². The Morgan fingerprint density at radius 3 is 2.76 bits per heavy atom. The van der Waals surface area contributed by atoms with Gasteiger partial charge in [0.05, 0.1) is 11.9 Å². The molecule has 2 fully saturated rings. The minimum absolute atomic E-state index is 0. The van der Waals surface area contributed by atoms with E-state index < -0.39 is 0 Å². The van der Waals surface area contributed by atoms with Crippen LogP contribution in [0.25, 0.3) is 5.65 Å². The van der Waals surface area contributed by atoms with Gasteiger partial charge < -0.3 is 16.2 Å². The van der Waals surface area contributed by atoms with Crippen molar-refractivity contribution in [2.24, 2.45) is 11.7 Å². The lowest BCUT2D eigenvalue weighted by Crippen LogP contribution is -2.23. The number of aromatic nitrogens is 3. The van der Waals surface area contributed by atoms with Crippen molar-refractivity contribution in [2.45, 2.75) is 56.0 Å². The van der Waals surface area contributed by atoms with Crippen molar-refractivity contribution >= 4 is 36.3 Å². The van der Waals surface area contributed by atoms with Gasteiger partial charge in [0, 0.05) is 35.7 Å². The molecule has 0 bridgehead atoms. The summed E-state index contributed by atoms with van der Waals surface area (Å²) in [6.07, 6.45) is 8.20. The van der Waals surface area contributed by atoms with Crippen molar-refractivity contribution in [3.63, 3.8) is 0 Å². The fraction of sp³-hybridized carbons (Fsp3) is 0.647. The highest BCUT2D eigenvalue weighted by Crippen LogP contribution is 2.60. The Hall–Kier alpha value is -1.08. The summed E-state index contributed by atoms with van der Waals surface area (Å²) >= 11 is 0. The van der Waals surface area contributed by atoms with Crippen molar-refractivity contribution in [2.75, 3.05) is 11.9 Å². The first-order chi connectivity index (χ1) is 11.2. The van der Waals surface area contributed by atoms with E-state index in [4.69, 9.17) is 10.7 Å². The van der Waals surface area contributed by atoms with E-state index in [1.54, 1.807) is 0 Å². The predicted molar refractivity (Wildman–Crippen MR) is 102 cm³/mol. The summed E-state index contributed by atoms with van der Waals surface area (Å²) in [7, 11) is 0. The first-order valence-electron chi connectivity index (χ1n) is 8.71. The number of nitrogens with two attached hydrogens (primary N) is 1. The quantitative estimate of drug-likeness (QED) is 0.752. The molecule has 1 unspecified atom stereocenters. The van der Waals surface area contributed by atoms with E-state index >= 15 is 0 Å². The minimum atomic E-state index is 0. The standard InChI is InChI=1S/C17H23N5O.2ClH/c18-11-1-2-12(8-11)20-16-13-7-10(9-23)17(4-5-17)15(13)21-14-3-6-19-22(14)16;;/h3,6,10-12,20,23H,1-2,4-5,7-9,18H2;2*1H/t10?,11-,12-;;/m0../s1. The predicted octanol–water partition coefficient (Wildman–Crippen LogP) is 2.06. The molecule has 2 heterocycles. The maximum atomic E-state index is 9.82. The molecule has 2 aromatic rings. The van der Waals surface area contributed by atoms with Crippen LogP contribution >= 0.6 is 24.8 Å². The van der Waals surface area contributed by atoms with Gasteiger partial charge in [-0.2, -0.15) is 9.61 Å². The number of hydrogen-bond donors (Lipinski definition) is 3. The maximum absolute atomic E-state index is 9.82. The van der Waals surface area contributed by atoms with Crippen LogP contribution < -0.4 is 11.1 Å². The van der Waals surface area contributed by atoms with Crippen LogP contribution in [0.15, 0.2) is 12.3 Å². The number of hydrogen-bond acceptors (Lipinski definition) is 5. The van der Waals surface area contributed by atoms with Gasteiger partial charge in [-0.05, 0) is 44.4 Å². The number of aliphatic hydroxyl groups is 1. The normalized spacial score (nSPS) is 28.5. The Labute approximate surface area is 159 Å². The van der Waals surface area contributed by atoms with Crippen LogP contribution in [-0.2, 0) is 11.8 Å². The molecule has 0 amide bonds. The average molecular weight is 386 g/mol. The van der Waals surface area contributed by atoms with Gasteiger partial charge in [0.1, 0.15) is 5.82 Å². The Morgan fingerprint density at radius 2 is 2.12 bits per heavy atom. The largest absolute Gasteiger partial charge is 0.396 e. The lowest BCUT2D eigenvalue weighted by molar-refractivity contribution is 0.204. The molecule has 0 radical (unpaired) electrons. The third kappa shape index (κ3) is 2.70. The smallest absolute Gasteiger partial charge is 0.157 e. The average Bonchev–Trinajstić information content (AvgIpc) is 2.89. The third-order valence-electron chi connectivity index (χ3n) is 6.16. The molecule has 0 aliphatic heterocycles. The van der Waals surface area contributed by atoms with E-state index in [0.717, 1.165) is 50.0 Å². The monoisotopic (exact) mass is 385 g/mol. The van der Waals surface area contributed by atoms with Crippen molar-refractivity contribution in [3.05, 3.63) is 23.5 Å². The Bertz CT molecular complexity index is 776. The SMILES string of the molecule is Cl.Cl.N[C@H]1CC[C@H](Nc2c3c(nc4ccnn24)C2(CC2)C(CO)C3)C1. The topological polar surface area (TPSA) is 88.5 Å². The highest BCUT2D eigenvalue weighted by atomic mass is 35.5. The van der Waals surface area contributed by atoms with Gasteiger partial charge in [-0.25, -0.2) is 4.98 Å². The molecule has 25 heavy (non-hydrogen) atoms. The fourth-order valence-electron chi connectivity index (χ4n) is 4.72. The first kappa shape index (κ1) is 18.7. The van der Waals surface area contributed by atoms with Crippen LogP contribution in [0.2, 0.25) is 0 Å². The molecule has 4 N–H and O–H groups in total. The van der Waals surface area contributed by atoms with Gasteiger partial charge in [-0.15, -0.1) is 24.8 Å². The zero-order chi connectivity index (χ0) is 15.6. The van der Waals surface area contributed by atoms with Crippen LogP contribution in [0, 0.1) is 5.92 Å². The molecule has 3 atom stereocenters. The molecule has 3 aliphatic carbocycles. The summed E-state index contributed by atoms with van der Waals surface area (Å²) in [6, 6.07) is 2.68. The second-order valence-corrected chi connectivity index (χ2v) is 7.54. The minimum Gasteiger partial charge on any atom is -0.396 e. The number of aliphatic hydroxyl groups excluding tert-OH is 1. The zero-order valence-corrected chi connectivity index (χ0v) is 15.7. The van der Waals surface area contributed by atoms with Crippen LogP contribution in [0.4, 0.5) is 5.82 Å². The van der Waals surface area contributed by atoms with Crippen molar-refractivity contribution in [1.82, 2.24) is 14.6 Å². The third-order valence-corrected chi connectivity index (χ3v) is 6.16. The summed E-state index contributed by atoms with van der Waals surface area (Å²) in [5.41, 5.74) is 9.56. The summed E-state index contributed by atoms with van der Waals surface area (Å²) in [4.78, 5) is 4.90. The Balaban J connectivity index is 0.000000911. The molecule has 8 heteroatoms. The summed E-state index contributed by atoms with van der Waals surface area (Å²) in [5, 5.41) is 18.0. The molecule has 138 valence electrons. The molecule has 3 aliphatic rings. The molecule has 1 spiro atoms. The van der Waals surface area contributed by atoms with E-state index in [0.29, 0.717) is 18.0 Å². The van der Waals surface area contributed by atoms with Gasteiger partial charge in [0.25, 0.3) is 0 Å². The number of fused-ring (bicyclic) bond motifs is 3. The summed E-state index contributed by atoms with van der Waals surface area (Å²) in [5.74, 6) is 1.39. The van der Waals surface area contributed by atoms with E-state index in [9.17, 15) is 5.11 Å². The first-order valence-corrected chi connectivity index (χ1v) is 8.71. The van der Waals surface area contributed by atoms with Crippen LogP contribution in [0.3, 0.4) is 0 Å². The maximum Gasteiger partial charge on any atom is 0.157 e. The van der Waals surface area contributed by atoms with Gasteiger partial charge in [0.2, 0.25) is 0 Å². The van der Waals surface area contributed by atoms with E-state index in [1.807, 2.05) is 16.8 Å². The molecule has 5 rings (SSSR count). The van der Waals surface area contributed by atoms with Crippen LogP contribution in [0.1, 0.15) is 43.4 Å². The number of anilines is 1. The van der Waals surface area contributed by atoms with Crippen LogP contribution in [-0.4, -0.2) is 38.4 Å². The van der Waals surface area contributed by atoms with Crippen molar-refractivity contribution < 1.29 is 5.11 Å². The number of nitrogens with zero attached hydrogens (tertiary/aromatic N) is 3. The number of rotatable bonds is 3. The Morgan fingerprint density at radius 1 is 1.32 bits per heavy atom. The van der Waals surface area contributed by atoms with E-state index in [2.05, 4.69) is 10.4 Å². The summed E-state index contributed by atoms with van der Waals surface area (Å²) < 4.78 is 1.93. The number of nitrogens with one attached hydrogen (secondary N) is 1. The fourth-order valence-corrected chi connectivity index (χ4v) is 4.72. The van der Waals surface area contributed by atoms with Gasteiger partial charge in [-0.3, -0.25) is 0 Å². The van der Waals surface area contributed by atoms with Crippen molar-refractivity contribution in [1.29, 1.82) is 0 Å². The molecule has 2 saturated carbocycles. The van der Waals surface area contributed by atoms with Gasteiger partial charge in [-0.1, -0.05) is 0 Å². The molecule has 0 aromatic carbocycles. The summed E-state index contributed by atoms with van der Waals surface area (Å²) in [6.45, 7) is 0.242. The lowest BCUT2D eigenvalue weighted by atomic mass is 9.92. The molecular formula is C17H25Cl2N5O. The lowest BCUT2D eigenvalue weighted by Gasteiger charge is -2.19. The second kappa shape index (κ2) is 6.58. The van der Waals surface area contributed by atoms with E-state index in [1.165, 1.54) is 11.3 Å².